The van der Waals surface area contributed by atoms with Gasteiger partial charge >= 0.3 is 0 Å². The van der Waals surface area contributed by atoms with Gasteiger partial charge in [0.15, 0.2) is 0 Å². The number of fused-ring (bicyclic) bond motifs is 1. The van der Waals surface area contributed by atoms with Crippen LogP contribution in [0.4, 0.5) is 5.82 Å². The lowest BCUT2D eigenvalue weighted by Gasteiger charge is -2.05. The van der Waals surface area contributed by atoms with Crippen LogP contribution in [0.2, 0.25) is 10.2 Å². The van der Waals surface area contributed by atoms with Gasteiger partial charge in [-0.1, -0.05) is 23.2 Å². The fourth-order valence-electron chi connectivity index (χ4n) is 1.73. The summed E-state index contributed by atoms with van der Waals surface area (Å²) in [6.07, 6.45) is 4.92. The summed E-state index contributed by atoms with van der Waals surface area (Å²) in [5.41, 5.74) is 1.78. The standard InChI is InChI=1S/C12H9Cl2N5/c13-9-5-17-12-8(9)1-7(4-16-12)3-15-11-2-10(14)18-6-19-11/h1-2,4-6H,3H2,(H,16,17)(H,15,18,19). The predicted molar refractivity (Wildman–Crippen MR) is 75.5 cm³/mol. The van der Waals surface area contributed by atoms with Gasteiger partial charge in [0.1, 0.15) is 22.9 Å². The van der Waals surface area contributed by atoms with Gasteiger partial charge < -0.3 is 10.3 Å². The van der Waals surface area contributed by atoms with Crippen molar-refractivity contribution < 1.29 is 0 Å². The van der Waals surface area contributed by atoms with Gasteiger partial charge in [-0.3, -0.25) is 0 Å². The number of nitrogens with one attached hydrogen (secondary N) is 2. The zero-order valence-corrected chi connectivity index (χ0v) is 11.2. The molecule has 0 saturated heterocycles. The Hall–Kier alpha value is -1.85. The first kappa shape index (κ1) is 12.2. The lowest BCUT2D eigenvalue weighted by molar-refractivity contribution is 1.07. The number of hydrogen-bond donors (Lipinski definition) is 2. The normalized spacial score (nSPS) is 10.8. The van der Waals surface area contributed by atoms with Crippen LogP contribution in [0.3, 0.4) is 0 Å². The number of hydrogen-bond acceptors (Lipinski definition) is 4. The van der Waals surface area contributed by atoms with Crippen molar-refractivity contribution in [1.29, 1.82) is 0 Å². The molecule has 3 rings (SSSR count). The molecule has 0 aliphatic heterocycles. The van der Waals surface area contributed by atoms with Crippen LogP contribution in [-0.2, 0) is 6.54 Å². The number of aromatic amines is 1. The van der Waals surface area contributed by atoms with Gasteiger partial charge in [0, 0.05) is 30.4 Å². The lowest BCUT2D eigenvalue weighted by Crippen LogP contribution is -2.02. The van der Waals surface area contributed by atoms with E-state index in [2.05, 4.69) is 25.3 Å². The van der Waals surface area contributed by atoms with Gasteiger partial charge in [-0.2, -0.15) is 0 Å². The largest absolute Gasteiger partial charge is 0.366 e. The van der Waals surface area contributed by atoms with E-state index in [1.54, 1.807) is 18.5 Å². The van der Waals surface area contributed by atoms with Crippen molar-refractivity contribution in [3.63, 3.8) is 0 Å². The summed E-state index contributed by atoms with van der Waals surface area (Å²) in [4.78, 5) is 15.2. The van der Waals surface area contributed by atoms with Crippen LogP contribution in [0.25, 0.3) is 11.0 Å². The van der Waals surface area contributed by atoms with Crippen molar-refractivity contribution in [2.75, 3.05) is 5.32 Å². The molecule has 0 atom stereocenters. The number of H-pyrrole nitrogens is 1. The average molecular weight is 294 g/mol. The van der Waals surface area contributed by atoms with E-state index in [-0.39, 0.29) is 0 Å². The molecule has 7 heteroatoms. The highest BCUT2D eigenvalue weighted by Crippen LogP contribution is 2.22. The molecule has 0 aromatic carbocycles. The molecule has 5 nitrogen and oxygen atoms in total. The van der Waals surface area contributed by atoms with Crippen LogP contribution >= 0.6 is 23.2 Å². The fraction of sp³-hybridized carbons (Fsp3) is 0.0833. The first-order valence-corrected chi connectivity index (χ1v) is 6.31. The summed E-state index contributed by atoms with van der Waals surface area (Å²) in [6, 6.07) is 3.65. The van der Waals surface area contributed by atoms with Crippen LogP contribution < -0.4 is 5.32 Å². The topological polar surface area (TPSA) is 66.5 Å². The SMILES string of the molecule is Clc1cc(NCc2cnc3[nH]cc(Cl)c3c2)ncn1. The molecule has 0 amide bonds. The number of halogens is 2. The van der Waals surface area contributed by atoms with E-state index in [9.17, 15) is 0 Å². The van der Waals surface area contributed by atoms with Crippen molar-refractivity contribution in [3.05, 3.63) is 46.6 Å². The van der Waals surface area contributed by atoms with Crippen molar-refractivity contribution in [3.8, 4) is 0 Å². The Labute approximate surface area is 119 Å². The van der Waals surface area contributed by atoms with E-state index >= 15 is 0 Å². The van der Waals surface area contributed by atoms with E-state index in [1.807, 2.05) is 6.07 Å². The number of pyridine rings is 1. The maximum Gasteiger partial charge on any atom is 0.138 e. The zero-order valence-electron chi connectivity index (χ0n) is 9.69. The summed E-state index contributed by atoms with van der Waals surface area (Å²) in [5, 5.41) is 5.12. The minimum absolute atomic E-state index is 0.403. The number of rotatable bonds is 3. The van der Waals surface area contributed by atoms with E-state index < -0.39 is 0 Å². The molecular formula is C12H9Cl2N5. The molecule has 0 bridgehead atoms. The Balaban J connectivity index is 1.79. The predicted octanol–water partition coefficient (Wildman–Crippen LogP) is 3.27. The van der Waals surface area contributed by atoms with Gasteiger partial charge in [-0.05, 0) is 11.6 Å². The molecule has 96 valence electrons. The van der Waals surface area contributed by atoms with E-state index in [1.165, 1.54) is 6.33 Å². The molecule has 0 aliphatic carbocycles. The Kier molecular flexibility index (Phi) is 3.23. The monoisotopic (exact) mass is 293 g/mol. The summed E-state index contributed by atoms with van der Waals surface area (Å²) in [5.74, 6) is 0.667. The van der Waals surface area contributed by atoms with Gasteiger partial charge in [-0.25, -0.2) is 15.0 Å². The molecule has 3 heterocycles. The quantitative estimate of drug-likeness (QED) is 0.727. The van der Waals surface area contributed by atoms with E-state index in [0.717, 1.165) is 16.6 Å². The number of nitrogens with zero attached hydrogens (tertiary/aromatic N) is 3. The molecule has 3 aromatic heterocycles. The Bertz CT molecular complexity index is 725. The maximum absolute atomic E-state index is 6.05. The first-order chi connectivity index (χ1) is 9.22. The highest BCUT2D eigenvalue weighted by molar-refractivity contribution is 6.35. The molecule has 3 aromatic rings. The summed E-state index contributed by atoms with van der Waals surface area (Å²) < 4.78 is 0. The summed E-state index contributed by atoms with van der Waals surface area (Å²) in [6.45, 7) is 0.581. The second kappa shape index (κ2) is 5.03. The second-order valence-corrected chi connectivity index (χ2v) is 4.75. The smallest absolute Gasteiger partial charge is 0.138 e. The molecule has 19 heavy (non-hydrogen) atoms. The Morgan fingerprint density at radius 3 is 2.89 bits per heavy atom. The molecule has 2 N–H and O–H groups in total. The molecule has 0 saturated carbocycles. The van der Waals surface area contributed by atoms with Crippen molar-refractivity contribution in [2.45, 2.75) is 6.54 Å². The number of aromatic nitrogens is 4. The third-order valence-electron chi connectivity index (χ3n) is 2.64. The molecule has 0 spiro atoms. The van der Waals surface area contributed by atoms with Gasteiger partial charge in [0.2, 0.25) is 0 Å². The lowest BCUT2D eigenvalue weighted by atomic mass is 10.2. The van der Waals surface area contributed by atoms with Crippen LogP contribution in [0.1, 0.15) is 5.56 Å². The van der Waals surface area contributed by atoms with Crippen molar-refractivity contribution in [1.82, 2.24) is 19.9 Å². The highest BCUT2D eigenvalue weighted by atomic mass is 35.5. The minimum Gasteiger partial charge on any atom is -0.366 e. The van der Waals surface area contributed by atoms with Crippen LogP contribution in [0, 0.1) is 0 Å². The van der Waals surface area contributed by atoms with Gasteiger partial charge in [0.25, 0.3) is 0 Å². The third kappa shape index (κ3) is 2.62. The first-order valence-electron chi connectivity index (χ1n) is 5.55. The van der Waals surface area contributed by atoms with E-state index in [4.69, 9.17) is 23.2 Å². The second-order valence-electron chi connectivity index (χ2n) is 3.96. The minimum atomic E-state index is 0.403. The zero-order chi connectivity index (χ0) is 13.2. The summed E-state index contributed by atoms with van der Waals surface area (Å²) in [7, 11) is 0. The molecular weight excluding hydrogens is 285 g/mol. The maximum atomic E-state index is 6.05. The van der Waals surface area contributed by atoms with Crippen LogP contribution in [0.5, 0.6) is 0 Å². The Morgan fingerprint density at radius 2 is 2.05 bits per heavy atom. The fourth-order valence-corrected chi connectivity index (χ4v) is 2.08. The van der Waals surface area contributed by atoms with Crippen molar-refractivity contribution >= 4 is 40.1 Å². The summed E-state index contributed by atoms with van der Waals surface area (Å²) >= 11 is 11.8. The molecule has 0 aliphatic rings. The average Bonchev–Trinajstić information content (AvgIpc) is 2.78. The Morgan fingerprint density at radius 1 is 1.16 bits per heavy atom. The van der Waals surface area contributed by atoms with Crippen LogP contribution in [-0.4, -0.2) is 19.9 Å². The van der Waals surface area contributed by atoms with Crippen LogP contribution in [0.15, 0.2) is 30.9 Å². The molecule has 0 radical (unpaired) electrons. The van der Waals surface area contributed by atoms with Gasteiger partial charge in [-0.15, -0.1) is 0 Å². The molecule has 0 unspecified atom stereocenters. The van der Waals surface area contributed by atoms with Crippen molar-refractivity contribution in [2.24, 2.45) is 0 Å². The van der Waals surface area contributed by atoms with Gasteiger partial charge in [0.05, 0.1) is 5.02 Å². The third-order valence-corrected chi connectivity index (χ3v) is 3.16. The highest BCUT2D eigenvalue weighted by Gasteiger charge is 2.04. The molecule has 0 fully saturated rings. The number of anilines is 1. The van der Waals surface area contributed by atoms with E-state index in [0.29, 0.717) is 22.5 Å².